The van der Waals surface area contributed by atoms with Crippen molar-refractivity contribution in [3.05, 3.63) is 71.8 Å². The minimum Gasteiger partial charge on any atom is -0.481 e. The van der Waals surface area contributed by atoms with Gasteiger partial charge >= 0.3 is 5.97 Å². The Bertz CT molecular complexity index is 611. The summed E-state index contributed by atoms with van der Waals surface area (Å²) in [5.41, 5.74) is 0.639. The van der Waals surface area contributed by atoms with Gasteiger partial charge < -0.3 is 5.11 Å². The van der Waals surface area contributed by atoms with Crippen LogP contribution in [0.4, 0.5) is 0 Å². The molecule has 0 heterocycles. The molecular weight excluding hydrogens is 248 g/mol. The van der Waals surface area contributed by atoms with Crippen molar-refractivity contribution < 1.29 is 9.90 Å². The molecule has 0 amide bonds. The zero-order valence-electron chi connectivity index (χ0n) is 11.1. The second-order valence-corrected chi connectivity index (χ2v) is 4.80. The van der Waals surface area contributed by atoms with E-state index in [1.807, 2.05) is 60.7 Å². The molecule has 1 N–H and O–H groups in total. The monoisotopic (exact) mass is 264 g/mol. The smallest absolute Gasteiger partial charge is 0.315 e. The van der Waals surface area contributed by atoms with Crippen molar-refractivity contribution in [1.82, 2.24) is 0 Å². The van der Waals surface area contributed by atoms with Crippen LogP contribution >= 0.6 is 0 Å². The van der Waals surface area contributed by atoms with Crippen molar-refractivity contribution >= 4 is 5.97 Å². The zero-order chi connectivity index (χ0) is 14.4. The Labute approximate surface area is 119 Å². The number of carbonyl (C=O) groups is 1. The van der Waals surface area contributed by atoms with E-state index in [1.54, 1.807) is 0 Å². The van der Waals surface area contributed by atoms with E-state index in [1.165, 1.54) is 0 Å². The van der Waals surface area contributed by atoms with E-state index in [-0.39, 0.29) is 6.42 Å². The normalized spacial score (nSPS) is 13.2. The molecule has 0 unspecified atom stereocenters. The number of terminal acetylenes is 1. The summed E-state index contributed by atoms with van der Waals surface area (Å²) >= 11 is 0. The second-order valence-electron chi connectivity index (χ2n) is 4.80. The van der Waals surface area contributed by atoms with Crippen molar-refractivity contribution in [3.63, 3.8) is 0 Å². The lowest BCUT2D eigenvalue weighted by atomic mass is 9.73. The summed E-state index contributed by atoms with van der Waals surface area (Å²) in [5.74, 6) is 1.64. The number of hydrogen-bond donors (Lipinski definition) is 1. The van der Waals surface area contributed by atoms with E-state index in [0.29, 0.717) is 6.42 Å². The van der Waals surface area contributed by atoms with Crippen LogP contribution in [0.5, 0.6) is 0 Å². The van der Waals surface area contributed by atoms with E-state index >= 15 is 0 Å². The van der Waals surface area contributed by atoms with Crippen molar-refractivity contribution in [2.24, 2.45) is 0 Å². The topological polar surface area (TPSA) is 37.3 Å². The number of benzene rings is 2. The first-order chi connectivity index (χ1) is 9.69. The first-order valence-electron chi connectivity index (χ1n) is 6.45. The maximum absolute atomic E-state index is 11.9. The predicted molar refractivity (Wildman–Crippen MR) is 79.4 cm³/mol. The third-order valence-corrected chi connectivity index (χ3v) is 3.49. The summed E-state index contributed by atoms with van der Waals surface area (Å²) < 4.78 is 0. The van der Waals surface area contributed by atoms with Crippen LogP contribution in [0.1, 0.15) is 17.5 Å². The molecule has 2 aromatic carbocycles. The highest BCUT2D eigenvalue weighted by Crippen LogP contribution is 2.32. The minimum absolute atomic E-state index is 0.168. The molecule has 2 nitrogen and oxygen atoms in total. The Morgan fingerprint density at radius 2 is 1.60 bits per heavy atom. The lowest BCUT2D eigenvalue weighted by molar-refractivity contribution is -0.143. The third kappa shape index (κ3) is 2.73. The lowest BCUT2D eigenvalue weighted by Gasteiger charge is -2.28. The van der Waals surface area contributed by atoms with Gasteiger partial charge in [0.15, 0.2) is 0 Å². The first-order valence-corrected chi connectivity index (χ1v) is 6.45. The Morgan fingerprint density at radius 1 is 1.05 bits per heavy atom. The van der Waals surface area contributed by atoms with Gasteiger partial charge in [-0.15, -0.1) is 12.3 Å². The largest absolute Gasteiger partial charge is 0.481 e. The number of aliphatic carboxylic acids is 1. The van der Waals surface area contributed by atoms with Crippen LogP contribution < -0.4 is 0 Å². The van der Waals surface area contributed by atoms with Crippen LogP contribution in [0.3, 0.4) is 0 Å². The number of hydrogen-bond acceptors (Lipinski definition) is 1. The standard InChI is InChI=1S/C18H16O2/c1-2-13-18(17(19)20,16-11-7-4-8-12-16)14-15-9-5-3-6-10-15/h1,3-12H,13-14H2,(H,19,20)/t18-/m1/s1. The van der Waals surface area contributed by atoms with Crippen LogP contribution in [0, 0.1) is 12.3 Å². The van der Waals surface area contributed by atoms with Gasteiger partial charge in [-0.1, -0.05) is 60.7 Å². The fourth-order valence-corrected chi connectivity index (χ4v) is 2.42. The number of carboxylic acids is 1. The first kappa shape index (κ1) is 13.9. The van der Waals surface area contributed by atoms with E-state index in [9.17, 15) is 9.90 Å². The molecule has 2 heteroatoms. The van der Waals surface area contributed by atoms with Gasteiger partial charge in [0, 0.05) is 6.42 Å². The summed E-state index contributed by atoms with van der Waals surface area (Å²) in [5, 5.41) is 9.77. The quantitative estimate of drug-likeness (QED) is 0.841. The van der Waals surface area contributed by atoms with Gasteiger partial charge in [0.25, 0.3) is 0 Å². The van der Waals surface area contributed by atoms with E-state index in [0.717, 1.165) is 11.1 Å². The van der Waals surface area contributed by atoms with Gasteiger partial charge in [-0.05, 0) is 17.5 Å². The fraction of sp³-hybridized carbons (Fsp3) is 0.167. The van der Waals surface area contributed by atoms with Gasteiger partial charge in [0.2, 0.25) is 0 Å². The molecule has 0 aliphatic rings. The van der Waals surface area contributed by atoms with E-state index < -0.39 is 11.4 Å². The third-order valence-electron chi connectivity index (χ3n) is 3.49. The Morgan fingerprint density at radius 3 is 2.10 bits per heavy atom. The molecule has 0 spiro atoms. The maximum Gasteiger partial charge on any atom is 0.315 e. The zero-order valence-corrected chi connectivity index (χ0v) is 11.1. The average Bonchev–Trinajstić information content (AvgIpc) is 2.48. The molecular formula is C18H16O2. The summed E-state index contributed by atoms with van der Waals surface area (Å²) in [6.45, 7) is 0. The molecule has 0 saturated heterocycles. The highest BCUT2D eigenvalue weighted by Gasteiger charge is 2.39. The van der Waals surface area contributed by atoms with Crippen molar-refractivity contribution in [3.8, 4) is 12.3 Å². The van der Waals surface area contributed by atoms with E-state index in [2.05, 4.69) is 5.92 Å². The Hall–Kier alpha value is -2.53. The molecule has 0 bridgehead atoms. The highest BCUT2D eigenvalue weighted by molar-refractivity contribution is 5.82. The molecule has 0 fully saturated rings. The lowest BCUT2D eigenvalue weighted by Crippen LogP contribution is -2.37. The van der Waals surface area contributed by atoms with Gasteiger partial charge in [-0.3, -0.25) is 4.79 Å². The molecule has 0 saturated carbocycles. The van der Waals surface area contributed by atoms with Crippen LogP contribution in [-0.4, -0.2) is 11.1 Å². The van der Waals surface area contributed by atoms with Gasteiger partial charge in [0.05, 0.1) is 0 Å². The van der Waals surface area contributed by atoms with Crippen molar-refractivity contribution in [2.45, 2.75) is 18.3 Å². The summed E-state index contributed by atoms with van der Waals surface area (Å²) in [6.07, 6.45) is 5.98. The van der Waals surface area contributed by atoms with Crippen LogP contribution in [-0.2, 0) is 16.6 Å². The van der Waals surface area contributed by atoms with E-state index in [4.69, 9.17) is 6.42 Å². The molecule has 1 atom stereocenters. The van der Waals surface area contributed by atoms with Crippen molar-refractivity contribution in [1.29, 1.82) is 0 Å². The SMILES string of the molecule is C#CC[C@](Cc1ccccc1)(C(=O)O)c1ccccc1. The second kappa shape index (κ2) is 6.08. The van der Waals surface area contributed by atoms with Gasteiger partial charge in [0.1, 0.15) is 5.41 Å². The molecule has 2 aromatic rings. The molecule has 2 rings (SSSR count). The Kier molecular flexibility index (Phi) is 4.22. The number of carboxylic acid groups (broad SMARTS) is 1. The Balaban J connectivity index is 2.49. The summed E-state index contributed by atoms with van der Waals surface area (Å²) in [7, 11) is 0. The molecule has 20 heavy (non-hydrogen) atoms. The van der Waals surface area contributed by atoms with Crippen LogP contribution in [0.25, 0.3) is 0 Å². The van der Waals surface area contributed by atoms with Gasteiger partial charge in [-0.25, -0.2) is 0 Å². The maximum atomic E-state index is 11.9. The molecule has 0 radical (unpaired) electrons. The molecule has 100 valence electrons. The number of rotatable bonds is 5. The van der Waals surface area contributed by atoms with Crippen LogP contribution in [0.2, 0.25) is 0 Å². The molecule has 0 aliphatic carbocycles. The fourth-order valence-electron chi connectivity index (χ4n) is 2.42. The molecule has 0 aromatic heterocycles. The summed E-state index contributed by atoms with van der Waals surface area (Å²) in [4.78, 5) is 11.9. The van der Waals surface area contributed by atoms with Crippen molar-refractivity contribution in [2.75, 3.05) is 0 Å². The highest BCUT2D eigenvalue weighted by atomic mass is 16.4. The summed E-state index contributed by atoms with van der Waals surface area (Å²) in [6, 6.07) is 18.8. The average molecular weight is 264 g/mol. The molecule has 0 aliphatic heterocycles. The minimum atomic E-state index is -1.07. The van der Waals surface area contributed by atoms with Gasteiger partial charge in [-0.2, -0.15) is 0 Å². The van der Waals surface area contributed by atoms with Crippen LogP contribution in [0.15, 0.2) is 60.7 Å². The predicted octanol–water partition coefficient (Wildman–Crippen LogP) is 3.28.